The summed E-state index contributed by atoms with van der Waals surface area (Å²) in [5, 5.41) is 6.18. The Morgan fingerprint density at radius 2 is 2.06 bits per heavy atom. The molecule has 1 amide bonds. The number of aromatic nitrogens is 1. The molecule has 0 aliphatic carbocycles. The minimum atomic E-state index is 0.0477. The highest BCUT2D eigenvalue weighted by Gasteiger charge is 2.10. The molecule has 18 heavy (non-hydrogen) atoms. The Hall–Kier alpha value is -1.42. The summed E-state index contributed by atoms with van der Waals surface area (Å²) in [5.41, 5.74) is 0.952. The van der Waals surface area contributed by atoms with E-state index in [1.807, 2.05) is 25.1 Å². The summed E-state index contributed by atoms with van der Waals surface area (Å²) in [6.45, 7) is 6.50. The molecule has 0 bridgehead atoms. The van der Waals surface area contributed by atoms with Gasteiger partial charge in [0, 0.05) is 18.3 Å². The van der Waals surface area contributed by atoms with E-state index in [9.17, 15) is 4.79 Å². The molecule has 1 aromatic heterocycles. The first kappa shape index (κ1) is 14.6. The Morgan fingerprint density at radius 3 is 2.61 bits per heavy atom. The van der Waals surface area contributed by atoms with Crippen LogP contribution in [0.2, 0.25) is 0 Å². The topological polar surface area (TPSA) is 54.0 Å². The van der Waals surface area contributed by atoms with Gasteiger partial charge in [-0.15, -0.1) is 0 Å². The Balaban J connectivity index is 2.34. The van der Waals surface area contributed by atoms with Crippen LogP contribution in [-0.2, 0) is 4.79 Å². The summed E-state index contributed by atoms with van der Waals surface area (Å²) in [6.07, 6.45) is 3.70. The van der Waals surface area contributed by atoms with Crippen LogP contribution in [0.1, 0.15) is 45.3 Å². The Labute approximate surface area is 109 Å². The third-order valence-corrected chi connectivity index (χ3v) is 3.05. The maximum absolute atomic E-state index is 11.7. The van der Waals surface area contributed by atoms with Gasteiger partial charge in [0.05, 0.1) is 12.2 Å². The van der Waals surface area contributed by atoms with E-state index in [1.54, 1.807) is 6.20 Å². The molecular formula is C14H23N3O. The first-order chi connectivity index (χ1) is 8.67. The van der Waals surface area contributed by atoms with E-state index < -0.39 is 0 Å². The van der Waals surface area contributed by atoms with Crippen LogP contribution < -0.4 is 10.6 Å². The highest BCUT2D eigenvalue weighted by atomic mass is 16.1. The van der Waals surface area contributed by atoms with Crippen LogP contribution in [0.5, 0.6) is 0 Å². The van der Waals surface area contributed by atoms with Crippen LogP contribution in [0.4, 0.5) is 0 Å². The van der Waals surface area contributed by atoms with Crippen molar-refractivity contribution in [1.29, 1.82) is 0 Å². The van der Waals surface area contributed by atoms with Gasteiger partial charge in [0.1, 0.15) is 0 Å². The van der Waals surface area contributed by atoms with E-state index >= 15 is 0 Å². The Kier molecular flexibility index (Phi) is 6.36. The molecule has 0 aliphatic rings. The number of hydrogen-bond acceptors (Lipinski definition) is 3. The minimum absolute atomic E-state index is 0.0477. The lowest BCUT2D eigenvalue weighted by atomic mass is 10.2. The van der Waals surface area contributed by atoms with Gasteiger partial charge in [0.2, 0.25) is 5.91 Å². The van der Waals surface area contributed by atoms with Gasteiger partial charge in [-0.3, -0.25) is 9.78 Å². The maximum Gasteiger partial charge on any atom is 0.234 e. The van der Waals surface area contributed by atoms with Crippen molar-refractivity contribution in [3.63, 3.8) is 0 Å². The van der Waals surface area contributed by atoms with Crippen molar-refractivity contribution >= 4 is 5.91 Å². The van der Waals surface area contributed by atoms with Crippen molar-refractivity contribution in [2.45, 2.75) is 45.7 Å². The first-order valence-electron chi connectivity index (χ1n) is 6.61. The number of nitrogens with one attached hydrogen (secondary N) is 2. The molecule has 100 valence electrons. The van der Waals surface area contributed by atoms with E-state index in [1.165, 1.54) is 0 Å². The monoisotopic (exact) mass is 249 g/mol. The van der Waals surface area contributed by atoms with Gasteiger partial charge < -0.3 is 10.6 Å². The molecular weight excluding hydrogens is 226 g/mol. The van der Waals surface area contributed by atoms with Crippen LogP contribution in [0.3, 0.4) is 0 Å². The molecule has 1 atom stereocenters. The molecule has 0 saturated carbocycles. The summed E-state index contributed by atoms with van der Waals surface area (Å²) < 4.78 is 0. The minimum Gasteiger partial charge on any atom is -0.352 e. The van der Waals surface area contributed by atoms with Gasteiger partial charge >= 0.3 is 0 Å². The zero-order chi connectivity index (χ0) is 13.4. The molecule has 0 saturated heterocycles. The second-order valence-electron chi connectivity index (χ2n) is 4.44. The summed E-state index contributed by atoms with van der Waals surface area (Å²) in [6, 6.07) is 6.15. The fourth-order valence-electron chi connectivity index (χ4n) is 1.75. The van der Waals surface area contributed by atoms with Crippen molar-refractivity contribution in [3.8, 4) is 0 Å². The second-order valence-corrected chi connectivity index (χ2v) is 4.44. The van der Waals surface area contributed by atoms with Gasteiger partial charge in [-0.2, -0.15) is 0 Å². The van der Waals surface area contributed by atoms with Crippen LogP contribution in [-0.4, -0.2) is 23.5 Å². The number of pyridine rings is 1. The van der Waals surface area contributed by atoms with E-state index in [0.29, 0.717) is 6.54 Å². The summed E-state index contributed by atoms with van der Waals surface area (Å²) >= 11 is 0. The van der Waals surface area contributed by atoms with Gasteiger partial charge in [0.25, 0.3) is 0 Å². The molecule has 0 spiro atoms. The standard InChI is InChI=1S/C14H23N3O/c1-4-12(5-2)17-14(18)10-16-11(3)13-8-6-7-9-15-13/h6-9,11-12,16H,4-5,10H2,1-3H3,(H,17,18)/t11-/m1/s1. The van der Waals surface area contributed by atoms with E-state index in [-0.39, 0.29) is 18.0 Å². The van der Waals surface area contributed by atoms with E-state index in [2.05, 4.69) is 29.5 Å². The predicted molar refractivity (Wildman–Crippen MR) is 73.2 cm³/mol. The largest absolute Gasteiger partial charge is 0.352 e. The van der Waals surface area contributed by atoms with Crippen molar-refractivity contribution in [2.24, 2.45) is 0 Å². The van der Waals surface area contributed by atoms with Crippen molar-refractivity contribution in [1.82, 2.24) is 15.6 Å². The average Bonchev–Trinajstić information content (AvgIpc) is 2.43. The Bertz CT molecular complexity index is 349. The van der Waals surface area contributed by atoms with Crippen molar-refractivity contribution in [3.05, 3.63) is 30.1 Å². The molecule has 1 rings (SSSR count). The quantitative estimate of drug-likeness (QED) is 0.777. The molecule has 0 aromatic carbocycles. The SMILES string of the molecule is CCC(CC)NC(=O)CN[C@H](C)c1ccccn1. The summed E-state index contributed by atoms with van der Waals surface area (Å²) in [7, 11) is 0. The smallest absolute Gasteiger partial charge is 0.234 e. The van der Waals surface area contributed by atoms with E-state index in [0.717, 1.165) is 18.5 Å². The zero-order valence-electron chi connectivity index (χ0n) is 11.4. The van der Waals surface area contributed by atoms with Gasteiger partial charge in [-0.1, -0.05) is 19.9 Å². The molecule has 4 heteroatoms. The van der Waals surface area contributed by atoms with Crippen LogP contribution >= 0.6 is 0 Å². The first-order valence-corrected chi connectivity index (χ1v) is 6.61. The molecule has 0 fully saturated rings. The molecule has 4 nitrogen and oxygen atoms in total. The van der Waals surface area contributed by atoms with Crippen LogP contribution in [0.25, 0.3) is 0 Å². The molecule has 1 aromatic rings. The van der Waals surface area contributed by atoms with Gasteiger partial charge in [-0.25, -0.2) is 0 Å². The van der Waals surface area contributed by atoms with Gasteiger partial charge in [0.15, 0.2) is 0 Å². The zero-order valence-corrected chi connectivity index (χ0v) is 11.4. The van der Waals surface area contributed by atoms with Crippen LogP contribution in [0.15, 0.2) is 24.4 Å². The highest BCUT2D eigenvalue weighted by molar-refractivity contribution is 5.78. The predicted octanol–water partition coefficient (Wildman–Crippen LogP) is 2.04. The van der Waals surface area contributed by atoms with E-state index in [4.69, 9.17) is 0 Å². The molecule has 0 unspecified atom stereocenters. The Morgan fingerprint density at radius 1 is 1.33 bits per heavy atom. The third kappa shape index (κ3) is 4.84. The summed E-state index contributed by atoms with van der Waals surface area (Å²) in [5.74, 6) is 0.0477. The number of amides is 1. The number of hydrogen-bond donors (Lipinski definition) is 2. The molecule has 1 heterocycles. The van der Waals surface area contributed by atoms with Gasteiger partial charge in [-0.05, 0) is 31.9 Å². The lowest BCUT2D eigenvalue weighted by Crippen LogP contribution is -2.40. The van der Waals surface area contributed by atoms with Crippen molar-refractivity contribution < 1.29 is 4.79 Å². The molecule has 0 aliphatic heterocycles. The molecule has 2 N–H and O–H groups in total. The average molecular weight is 249 g/mol. The second kappa shape index (κ2) is 7.82. The highest BCUT2D eigenvalue weighted by Crippen LogP contribution is 2.06. The van der Waals surface area contributed by atoms with Crippen LogP contribution in [0, 0.1) is 0 Å². The molecule has 0 radical (unpaired) electrons. The number of carbonyl (C=O) groups excluding carboxylic acids is 1. The van der Waals surface area contributed by atoms with Crippen molar-refractivity contribution in [2.75, 3.05) is 6.54 Å². The lowest BCUT2D eigenvalue weighted by Gasteiger charge is -2.17. The number of nitrogens with zero attached hydrogens (tertiary/aromatic N) is 1. The fraction of sp³-hybridized carbons (Fsp3) is 0.571. The third-order valence-electron chi connectivity index (χ3n) is 3.05. The fourth-order valence-corrected chi connectivity index (χ4v) is 1.75. The summed E-state index contributed by atoms with van der Waals surface area (Å²) in [4.78, 5) is 16.0. The number of rotatable bonds is 7. The number of carbonyl (C=O) groups is 1. The lowest BCUT2D eigenvalue weighted by molar-refractivity contribution is -0.121. The maximum atomic E-state index is 11.7. The normalized spacial score (nSPS) is 12.4.